The lowest BCUT2D eigenvalue weighted by atomic mass is 9.90. The second kappa shape index (κ2) is 8.54. The van der Waals surface area contributed by atoms with Gasteiger partial charge in [0.2, 0.25) is 0 Å². The maximum absolute atomic E-state index is 5.07. The maximum Gasteiger partial charge on any atom is 0.145 e. The van der Waals surface area contributed by atoms with Crippen molar-refractivity contribution in [2.75, 3.05) is 0 Å². The minimum absolute atomic E-state index is 0.945. The molecule has 0 atom stereocenters. The van der Waals surface area contributed by atoms with Gasteiger partial charge in [0.05, 0.1) is 22.1 Å². The first-order chi connectivity index (χ1) is 20.3. The van der Waals surface area contributed by atoms with Crippen molar-refractivity contribution in [1.82, 2.24) is 14.1 Å². The average Bonchev–Trinajstić information content (AvgIpc) is 3.58. The van der Waals surface area contributed by atoms with E-state index in [0.29, 0.717) is 0 Å². The molecule has 0 unspecified atom stereocenters. The standard InChI is InChI=1S/C38H25N3/c1-2-11-26(12-3-1)38-39-32-20-5-7-22-34(32)41(38)29-17-10-16-28(24-29)40-33-21-6-4-18-30(33)37-31-19-9-14-25-13-8-15-27(36(25)31)23-35(37)40/h1-18,20-24H,19H2. The number of rotatable bonds is 3. The van der Waals surface area contributed by atoms with E-state index in [1.165, 1.54) is 43.7 Å². The summed E-state index contributed by atoms with van der Waals surface area (Å²) in [5.41, 5.74) is 10.6. The van der Waals surface area contributed by atoms with Crippen molar-refractivity contribution in [2.24, 2.45) is 0 Å². The van der Waals surface area contributed by atoms with Gasteiger partial charge in [-0.1, -0.05) is 97.1 Å². The highest BCUT2D eigenvalue weighted by Crippen LogP contribution is 2.41. The van der Waals surface area contributed by atoms with Gasteiger partial charge in [0, 0.05) is 27.7 Å². The van der Waals surface area contributed by atoms with E-state index >= 15 is 0 Å². The lowest BCUT2D eigenvalue weighted by Crippen LogP contribution is -2.01. The van der Waals surface area contributed by atoms with Crippen molar-refractivity contribution < 1.29 is 0 Å². The summed E-state index contributed by atoms with van der Waals surface area (Å²) in [7, 11) is 0. The Morgan fingerprint density at radius 3 is 2.22 bits per heavy atom. The number of benzene rings is 6. The summed E-state index contributed by atoms with van der Waals surface area (Å²) in [5.74, 6) is 0.945. The van der Waals surface area contributed by atoms with E-state index in [0.717, 1.165) is 40.2 Å². The summed E-state index contributed by atoms with van der Waals surface area (Å²) in [5, 5.41) is 5.33. The van der Waals surface area contributed by atoms with Crippen LogP contribution in [0.2, 0.25) is 0 Å². The molecule has 8 aromatic rings. The van der Waals surface area contributed by atoms with Crippen LogP contribution in [0, 0.1) is 0 Å². The Kier molecular flexibility index (Phi) is 4.67. The number of allylic oxidation sites excluding steroid dienone is 1. The highest BCUT2D eigenvalue weighted by molar-refractivity contribution is 6.17. The number of para-hydroxylation sites is 3. The van der Waals surface area contributed by atoms with Crippen molar-refractivity contribution in [3.63, 3.8) is 0 Å². The van der Waals surface area contributed by atoms with Gasteiger partial charge in [-0.2, -0.15) is 0 Å². The van der Waals surface area contributed by atoms with E-state index in [9.17, 15) is 0 Å². The molecule has 0 spiro atoms. The Balaban J connectivity index is 1.35. The van der Waals surface area contributed by atoms with Crippen molar-refractivity contribution in [2.45, 2.75) is 6.42 Å². The zero-order valence-electron chi connectivity index (χ0n) is 22.3. The summed E-state index contributed by atoms with van der Waals surface area (Å²) in [6.45, 7) is 0. The summed E-state index contributed by atoms with van der Waals surface area (Å²) < 4.78 is 4.73. The van der Waals surface area contributed by atoms with Crippen molar-refractivity contribution in [3.05, 3.63) is 145 Å². The van der Waals surface area contributed by atoms with Gasteiger partial charge >= 0.3 is 0 Å². The summed E-state index contributed by atoms with van der Waals surface area (Å²) in [4.78, 5) is 5.07. The van der Waals surface area contributed by atoms with Gasteiger partial charge in [0.1, 0.15) is 5.82 Å². The molecule has 3 heteroatoms. The second-order valence-electron chi connectivity index (χ2n) is 10.8. The van der Waals surface area contributed by atoms with Crippen molar-refractivity contribution in [3.8, 4) is 22.8 Å². The van der Waals surface area contributed by atoms with E-state index in [-0.39, 0.29) is 0 Å². The Morgan fingerprint density at radius 2 is 1.32 bits per heavy atom. The molecule has 9 rings (SSSR count). The molecule has 1 aliphatic rings. The topological polar surface area (TPSA) is 22.8 Å². The molecule has 192 valence electrons. The van der Waals surface area contributed by atoms with Crippen LogP contribution < -0.4 is 0 Å². The van der Waals surface area contributed by atoms with Crippen LogP contribution in [0.15, 0.2) is 133 Å². The van der Waals surface area contributed by atoms with Crippen LogP contribution in [0.25, 0.3) is 72.5 Å². The molecule has 0 aliphatic heterocycles. The molecule has 0 amide bonds. The van der Waals surface area contributed by atoms with E-state index < -0.39 is 0 Å². The van der Waals surface area contributed by atoms with Crippen LogP contribution in [-0.4, -0.2) is 14.1 Å². The van der Waals surface area contributed by atoms with E-state index in [2.05, 4.69) is 149 Å². The van der Waals surface area contributed by atoms with Gasteiger partial charge < -0.3 is 4.57 Å². The molecule has 0 saturated heterocycles. The Hall–Kier alpha value is -5.41. The van der Waals surface area contributed by atoms with Gasteiger partial charge in [0.25, 0.3) is 0 Å². The van der Waals surface area contributed by atoms with Gasteiger partial charge in [-0.3, -0.25) is 4.57 Å². The quantitative estimate of drug-likeness (QED) is 0.226. The summed E-state index contributed by atoms with van der Waals surface area (Å²) in [6, 6.07) is 45.6. The van der Waals surface area contributed by atoms with Crippen LogP contribution in [0.1, 0.15) is 11.1 Å². The number of aromatic nitrogens is 3. The first-order valence-electron chi connectivity index (χ1n) is 14.1. The second-order valence-corrected chi connectivity index (χ2v) is 10.8. The molecule has 2 heterocycles. The molecular weight excluding hydrogens is 498 g/mol. The van der Waals surface area contributed by atoms with Crippen LogP contribution in [0.3, 0.4) is 0 Å². The third-order valence-electron chi connectivity index (χ3n) is 8.49. The first-order valence-corrected chi connectivity index (χ1v) is 14.1. The molecule has 6 aromatic carbocycles. The molecule has 0 saturated carbocycles. The van der Waals surface area contributed by atoms with E-state index in [1.54, 1.807) is 0 Å². The summed E-state index contributed by atoms with van der Waals surface area (Å²) in [6.07, 6.45) is 5.52. The number of fused-ring (bicyclic) bond motifs is 5. The fourth-order valence-electron chi connectivity index (χ4n) is 6.81. The van der Waals surface area contributed by atoms with Crippen LogP contribution in [-0.2, 0) is 6.42 Å². The first kappa shape index (κ1) is 22.4. The molecular formula is C38H25N3. The SMILES string of the molecule is C1=Cc2cccc3cc4c(c(c23)C1)c1ccccc1n4-c1cccc(-n2c(-c3ccccc3)nc3ccccc32)c1. The molecule has 0 N–H and O–H groups in total. The Morgan fingerprint density at radius 1 is 0.561 bits per heavy atom. The molecule has 0 fully saturated rings. The average molecular weight is 524 g/mol. The van der Waals surface area contributed by atoms with Crippen LogP contribution in [0.4, 0.5) is 0 Å². The normalized spacial score (nSPS) is 12.7. The molecule has 0 bridgehead atoms. The number of hydrogen-bond acceptors (Lipinski definition) is 1. The van der Waals surface area contributed by atoms with Crippen molar-refractivity contribution in [1.29, 1.82) is 0 Å². The zero-order chi connectivity index (χ0) is 26.9. The lowest BCUT2D eigenvalue weighted by molar-refractivity contribution is 1.09. The van der Waals surface area contributed by atoms with Gasteiger partial charge in [-0.25, -0.2) is 4.98 Å². The third kappa shape index (κ3) is 3.23. The van der Waals surface area contributed by atoms with E-state index in [4.69, 9.17) is 4.98 Å². The highest BCUT2D eigenvalue weighted by atomic mass is 15.1. The molecule has 0 radical (unpaired) electrons. The number of imidazole rings is 1. The number of nitrogens with zero attached hydrogens (tertiary/aromatic N) is 3. The fraction of sp³-hybridized carbons (Fsp3) is 0.0263. The molecule has 3 nitrogen and oxygen atoms in total. The van der Waals surface area contributed by atoms with Gasteiger partial charge in [-0.15, -0.1) is 0 Å². The Bertz CT molecular complexity index is 2330. The van der Waals surface area contributed by atoms with Gasteiger partial charge in [0.15, 0.2) is 0 Å². The smallest absolute Gasteiger partial charge is 0.145 e. The zero-order valence-corrected chi connectivity index (χ0v) is 22.3. The maximum atomic E-state index is 5.07. The lowest BCUT2D eigenvalue weighted by Gasteiger charge is -2.16. The minimum atomic E-state index is 0.945. The summed E-state index contributed by atoms with van der Waals surface area (Å²) >= 11 is 0. The van der Waals surface area contributed by atoms with Crippen LogP contribution in [0.5, 0.6) is 0 Å². The minimum Gasteiger partial charge on any atom is -0.309 e. The molecule has 1 aliphatic carbocycles. The Labute approximate surface area is 237 Å². The van der Waals surface area contributed by atoms with Gasteiger partial charge in [-0.05, 0) is 70.8 Å². The van der Waals surface area contributed by atoms with Crippen LogP contribution >= 0.6 is 0 Å². The molecule has 41 heavy (non-hydrogen) atoms. The number of hydrogen-bond donors (Lipinski definition) is 0. The predicted octanol–water partition coefficient (Wildman–Crippen LogP) is 9.51. The highest BCUT2D eigenvalue weighted by Gasteiger charge is 2.21. The largest absolute Gasteiger partial charge is 0.309 e. The van der Waals surface area contributed by atoms with E-state index in [1.807, 2.05) is 0 Å². The third-order valence-corrected chi connectivity index (χ3v) is 8.49. The molecule has 2 aromatic heterocycles. The predicted molar refractivity (Wildman–Crippen MR) is 171 cm³/mol. The monoisotopic (exact) mass is 523 g/mol. The van der Waals surface area contributed by atoms with Crippen molar-refractivity contribution >= 4 is 49.7 Å². The fourth-order valence-corrected chi connectivity index (χ4v) is 6.81.